The summed E-state index contributed by atoms with van der Waals surface area (Å²) in [6.45, 7) is 0.579. The molecule has 0 bridgehead atoms. The number of hydrogen-bond donors (Lipinski definition) is 3. The molecule has 0 radical (unpaired) electrons. The highest BCUT2D eigenvalue weighted by molar-refractivity contribution is 5.76. The van der Waals surface area contributed by atoms with E-state index >= 15 is 0 Å². The van der Waals surface area contributed by atoms with E-state index < -0.39 is 23.8 Å². The van der Waals surface area contributed by atoms with Gasteiger partial charge in [-0.1, -0.05) is 30.3 Å². The molecule has 0 unspecified atom stereocenters. The van der Waals surface area contributed by atoms with Crippen molar-refractivity contribution in [2.24, 2.45) is 0 Å². The van der Waals surface area contributed by atoms with E-state index in [9.17, 15) is 18.7 Å². The fourth-order valence-corrected chi connectivity index (χ4v) is 3.35. The van der Waals surface area contributed by atoms with Crippen molar-refractivity contribution in [2.75, 3.05) is 6.54 Å². The maximum Gasteiger partial charge on any atom is 0.220 e. The van der Waals surface area contributed by atoms with Crippen molar-refractivity contribution < 1.29 is 23.1 Å². The summed E-state index contributed by atoms with van der Waals surface area (Å²) in [4.78, 5) is 12.5. The van der Waals surface area contributed by atoms with Gasteiger partial charge >= 0.3 is 0 Å². The minimum Gasteiger partial charge on any atom is -0.468 e. The van der Waals surface area contributed by atoms with Gasteiger partial charge in [-0.25, -0.2) is 8.78 Å². The van der Waals surface area contributed by atoms with Crippen molar-refractivity contribution in [2.45, 2.75) is 38.0 Å². The monoisotopic (exact) mass is 428 g/mol. The standard InChI is InChI=1S/C24H26F2N2O3/c25-19-11-18(12-20(26)14-19)13-22(23(29)16-27-15-21-7-4-10-31-21)28-24(30)9-8-17-5-2-1-3-6-17/h1-7,10-12,14,22-23,27,29H,8-9,13,15-16H2,(H,28,30)/t22-,23-/m0/s1. The van der Waals surface area contributed by atoms with Crippen LogP contribution < -0.4 is 10.6 Å². The van der Waals surface area contributed by atoms with Crippen LogP contribution in [0.25, 0.3) is 0 Å². The lowest BCUT2D eigenvalue weighted by molar-refractivity contribution is -0.122. The molecule has 0 saturated carbocycles. The van der Waals surface area contributed by atoms with Crippen molar-refractivity contribution >= 4 is 5.91 Å². The Morgan fingerprint density at radius 2 is 1.74 bits per heavy atom. The second kappa shape index (κ2) is 11.4. The first-order chi connectivity index (χ1) is 15.0. The molecule has 7 heteroatoms. The smallest absolute Gasteiger partial charge is 0.220 e. The summed E-state index contributed by atoms with van der Waals surface area (Å²) >= 11 is 0. The van der Waals surface area contributed by atoms with Crippen LogP contribution in [-0.4, -0.2) is 29.7 Å². The van der Waals surface area contributed by atoms with Gasteiger partial charge in [-0.05, 0) is 48.2 Å². The maximum absolute atomic E-state index is 13.6. The Balaban J connectivity index is 1.61. The van der Waals surface area contributed by atoms with Crippen molar-refractivity contribution in [1.29, 1.82) is 0 Å². The van der Waals surface area contributed by atoms with Gasteiger partial charge in [0.15, 0.2) is 0 Å². The summed E-state index contributed by atoms with van der Waals surface area (Å²) in [6.07, 6.45) is 1.48. The molecule has 0 aliphatic carbocycles. The lowest BCUT2D eigenvalue weighted by Gasteiger charge is -2.25. The Kier molecular flexibility index (Phi) is 8.32. The fraction of sp³-hybridized carbons (Fsp3) is 0.292. The van der Waals surface area contributed by atoms with Gasteiger partial charge in [-0.15, -0.1) is 0 Å². The molecule has 3 aromatic rings. The first kappa shape index (κ1) is 22.7. The quantitative estimate of drug-likeness (QED) is 0.438. The number of aliphatic hydroxyl groups is 1. The van der Waals surface area contributed by atoms with Gasteiger partial charge in [0.05, 0.1) is 25.0 Å². The zero-order chi connectivity index (χ0) is 22.1. The van der Waals surface area contributed by atoms with Crippen molar-refractivity contribution in [3.05, 3.63) is 95.4 Å². The average Bonchev–Trinajstić information content (AvgIpc) is 3.25. The fourth-order valence-electron chi connectivity index (χ4n) is 3.35. The van der Waals surface area contributed by atoms with Gasteiger partial charge in [0.2, 0.25) is 5.91 Å². The molecular weight excluding hydrogens is 402 g/mol. The molecule has 0 aliphatic heterocycles. The van der Waals surface area contributed by atoms with Crippen molar-refractivity contribution in [3.63, 3.8) is 0 Å². The van der Waals surface area contributed by atoms with Crippen LogP contribution in [0, 0.1) is 11.6 Å². The Labute approximate surface area is 180 Å². The van der Waals surface area contributed by atoms with Crippen LogP contribution in [-0.2, 0) is 24.2 Å². The lowest BCUT2D eigenvalue weighted by atomic mass is 10.00. The highest BCUT2D eigenvalue weighted by atomic mass is 19.1. The molecule has 164 valence electrons. The minimum absolute atomic E-state index is 0.0926. The van der Waals surface area contributed by atoms with Crippen LogP contribution >= 0.6 is 0 Å². The highest BCUT2D eigenvalue weighted by Gasteiger charge is 2.22. The van der Waals surface area contributed by atoms with E-state index in [2.05, 4.69) is 10.6 Å². The van der Waals surface area contributed by atoms with Crippen LogP contribution in [0.15, 0.2) is 71.3 Å². The number of hydrogen-bond acceptors (Lipinski definition) is 4. The summed E-state index contributed by atoms with van der Waals surface area (Å²) in [5.41, 5.74) is 1.39. The van der Waals surface area contributed by atoms with E-state index in [0.29, 0.717) is 24.3 Å². The van der Waals surface area contributed by atoms with Gasteiger partial charge in [0.1, 0.15) is 17.4 Å². The third kappa shape index (κ3) is 7.62. The molecule has 1 heterocycles. The average molecular weight is 428 g/mol. The van der Waals surface area contributed by atoms with Gasteiger partial charge in [0, 0.05) is 19.0 Å². The second-order valence-electron chi connectivity index (χ2n) is 7.42. The lowest BCUT2D eigenvalue weighted by Crippen LogP contribution is -2.48. The van der Waals surface area contributed by atoms with Crippen molar-refractivity contribution in [3.8, 4) is 0 Å². The summed E-state index contributed by atoms with van der Waals surface area (Å²) in [5, 5.41) is 16.6. The number of rotatable bonds is 11. The molecule has 0 aliphatic rings. The van der Waals surface area contributed by atoms with Crippen LogP contribution in [0.1, 0.15) is 23.3 Å². The molecular formula is C24H26F2N2O3. The molecule has 5 nitrogen and oxygen atoms in total. The maximum atomic E-state index is 13.6. The van der Waals surface area contributed by atoms with E-state index in [1.807, 2.05) is 30.3 Å². The topological polar surface area (TPSA) is 74.5 Å². The zero-order valence-electron chi connectivity index (χ0n) is 17.1. The first-order valence-electron chi connectivity index (χ1n) is 10.2. The van der Waals surface area contributed by atoms with Crippen LogP contribution in [0.3, 0.4) is 0 Å². The highest BCUT2D eigenvalue weighted by Crippen LogP contribution is 2.13. The van der Waals surface area contributed by atoms with E-state index in [1.54, 1.807) is 18.4 Å². The summed E-state index contributed by atoms with van der Waals surface area (Å²) < 4.78 is 32.4. The molecule has 31 heavy (non-hydrogen) atoms. The molecule has 0 fully saturated rings. The SMILES string of the molecule is O=C(CCc1ccccc1)N[C@@H](Cc1cc(F)cc(F)c1)[C@@H](O)CNCc1ccco1. The number of benzene rings is 2. The molecule has 2 atom stereocenters. The number of carbonyl (C=O) groups is 1. The Morgan fingerprint density at radius 3 is 2.42 bits per heavy atom. The number of carbonyl (C=O) groups excluding carboxylic acids is 1. The normalized spacial score (nSPS) is 13.0. The van der Waals surface area contributed by atoms with E-state index in [0.717, 1.165) is 11.6 Å². The zero-order valence-corrected chi connectivity index (χ0v) is 17.1. The number of nitrogens with one attached hydrogen (secondary N) is 2. The predicted octanol–water partition coefficient (Wildman–Crippen LogP) is 3.37. The minimum atomic E-state index is -0.970. The molecule has 1 amide bonds. The first-order valence-corrected chi connectivity index (χ1v) is 10.2. The molecule has 2 aromatic carbocycles. The Bertz CT molecular complexity index is 928. The van der Waals surface area contributed by atoms with E-state index in [4.69, 9.17) is 4.42 Å². The Morgan fingerprint density at radius 1 is 1.00 bits per heavy atom. The number of aliphatic hydroxyl groups excluding tert-OH is 1. The largest absolute Gasteiger partial charge is 0.468 e. The van der Waals surface area contributed by atoms with Gasteiger partial charge in [-0.3, -0.25) is 4.79 Å². The molecule has 3 N–H and O–H groups in total. The predicted molar refractivity (Wildman–Crippen MR) is 113 cm³/mol. The van der Waals surface area contributed by atoms with Gasteiger partial charge in [0.25, 0.3) is 0 Å². The molecule has 0 spiro atoms. The summed E-state index contributed by atoms with van der Waals surface area (Å²) in [5.74, 6) is -0.928. The van der Waals surface area contributed by atoms with Crippen LogP contribution in [0.2, 0.25) is 0 Å². The number of halogens is 2. The molecule has 1 aromatic heterocycles. The molecule has 0 saturated heterocycles. The third-order valence-electron chi connectivity index (χ3n) is 4.91. The van der Waals surface area contributed by atoms with E-state index in [-0.39, 0.29) is 25.3 Å². The van der Waals surface area contributed by atoms with Crippen LogP contribution in [0.4, 0.5) is 8.78 Å². The van der Waals surface area contributed by atoms with Gasteiger partial charge in [-0.2, -0.15) is 0 Å². The van der Waals surface area contributed by atoms with Crippen LogP contribution in [0.5, 0.6) is 0 Å². The summed E-state index contributed by atoms with van der Waals surface area (Å²) in [6, 6.07) is 15.6. The van der Waals surface area contributed by atoms with Gasteiger partial charge < -0.3 is 20.2 Å². The Hall–Kier alpha value is -3.03. The number of aryl methyl sites for hydroxylation is 1. The number of amides is 1. The molecule has 3 rings (SSSR count). The third-order valence-corrected chi connectivity index (χ3v) is 4.91. The summed E-state index contributed by atoms with van der Waals surface area (Å²) in [7, 11) is 0. The second-order valence-corrected chi connectivity index (χ2v) is 7.42. The van der Waals surface area contributed by atoms with E-state index in [1.165, 1.54) is 12.1 Å². The number of furan rings is 1. The van der Waals surface area contributed by atoms with Crippen molar-refractivity contribution in [1.82, 2.24) is 10.6 Å².